The van der Waals surface area contributed by atoms with Gasteiger partial charge in [0.1, 0.15) is 5.82 Å². The molecule has 4 nitrogen and oxygen atoms in total. The minimum Gasteiger partial charge on any atom is -0.368 e. The van der Waals surface area contributed by atoms with Crippen LogP contribution in [-0.4, -0.2) is 29.1 Å². The lowest BCUT2D eigenvalue weighted by Crippen LogP contribution is -2.17. The fraction of sp³-hybridized carbons (Fsp3) is 0.636. The molecule has 1 aromatic heterocycles. The van der Waals surface area contributed by atoms with Gasteiger partial charge in [0.15, 0.2) is 0 Å². The van der Waals surface area contributed by atoms with Crippen molar-refractivity contribution in [1.29, 1.82) is 0 Å². The van der Waals surface area contributed by atoms with Crippen LogP contribution in [0.3, 0.4) is 0 Å². The normalized spacial score (nSPS) is 15.8. The van der Waals surface area contributed by atoms with Crippen LogP contribution in [0.15, 0.2) is 0 Å². The number of nitrogens with zero attached hydrogens (tertiary/aromatic N) is 2. The summed E-state index contributed by atoms with van der Waals surface area (Å²) in [5, 5.41) is 7.03. The molecule has 16 heavy (non-hydrogen) atoms. The minimum atomic E-state index is 0.337. The van der Waals surface area contributed by atoms with E-state index < -0.39 is 0 Å². The van der Waals surface area contributed by atoms with Gasteiger partial charge < -0.3 is 10.6 Å². The summed E-state index contributed by atoms with van der Waals surface area (Å²) in [6.45, 7) is 6.13. The maximum atomic E-state index is 5.94. The van der Waals surface area contributed by atoms with Crippen molar-refractivity contribution in [3.63, 3.8) is 0 Å². The van der Waals surface area contributed by atoms with E-state index >= 15 is 0 Å². The van der Waals surface area contributed by atoms with Crippen LogP contribution in [0.25, 0.3) is 0 Å². The zero-order valence-electron chi connectivity index (χ0n) is 9.68. The first kappa shape index (κ1) is 11.6. The van der Waals surface area contributed by atoms with E-state index in [1.165, 1.54) is 5.56 Å². The molecule has 88 valence electrons. The number of halogens is 1. The number of rotatable bonds is 2. The number of nitrogens with one attached hydrogen (secondary N) is 2. The molecule has 0 atom stereocenters. The highest BCUT2D eigenvalue weighted by Gasteiger charge is 2.16. The molecule has 1 aliphatic rings. The van der Waals surface area contributed by atoms with Crippen molar-refractivity contribution in [3.8, 4) is 0 Å². The summed E-state index contributed by atoms with van der Waals surface area (Å²) in [7, 11) is 0. The molecule has 0 amide bonds. The molecule has 0 aromatic carbocycles. The number of aromatic nitrogens is 2. The lowest BCUT2D eigenvalue weighted by molar-refractivity contribution is 0.708. The Morgan fingerprint density at radius 2 is 2.00 bits per heavy atom. The maximum absolute atomic E-state index is 5.94. The van der Waals surface area contributed by atoms with E-state index in [0.29, 0.717) is 11.3 Å². The largest absolute Gasteiger partial charge is 0.368 e. The van der Waals surface area contributed by atoms with Crippen molar-refractivity contribution in [2.45, 2.75) is 32.7 Å². The number of hydrogen-bond acceptors (Lipinski definition) is 4. The van der Waals surface area contributed by atoms with Crippen molar-refractivity contribution in [1.82, 2.24) is 15.3 Å². The highest BCUT2D eigenvalue weighted by Crippen LogP contribution is 2.21. The van der Waals surface area contributed by atoms with Crippen molar-refractivity contribution >= 4 is 17.4 Å². The molecule has 0 radical (unpaired) electrons. The predicted molar refractivity (Wildman–Crippen MR) is 66.1 cm³/mol. The molecule has 2 heterocycles. The summed E-state index contributed by atoms with van der Waals surface area (Å²) >= 11 is 5.94. The molecule has 0 fully saturated rings. The predicted octanol–water partition coefficient (Wildman–Crippen LogP) is 1.64. The fourth-order valence-corrected chi connectivity index (χ4v) is 2.09. The van der Waals surface area contributed by atoms with Gasteiger partial charge in [-0.15, -0.1) is 0 Å². The lowest BCUT2D eigenvalue weighted by Gasteiger charge is -2.15. The average Bonchev–Trinajstić information content (AvgIpc) is 2.41. The smallest absolute Gasteiger partial charge is 0.224 e. The third kappa shape index (κ3) is 2.62. The maximum Gasteiger partial charge on any atom is 0.224 e. The SMILES string of the molecule is CC(C)Nc1nc(Cl)nc2c1CCNCC2. The van der Waals surface area contributed by atoms with Crippen LogP contribution in [0.4, 0.5) is 5.82 Å². The summed E-state index contributed by atoms with van der Waals surface area (Å²) in [4.78, 5) is 8.60. The average molecular weight is 241 g/mol. The second-order valence-corrected chi connectivity index (χ2v) is 4.65. The van der Waals surface area contributed by atoms with E-state index in [1.54, 1.807) is 0 Å². The Balaban J connectivity index is 2.38. The van der Waals surface area contributed by atoms with Crippen molar-refractivity contribution < 1.29 is 0 Å². The summed E-state index contributed by atoms with van der Waals surface area (Å²) in [5.41, 5.74) is 2.29. The summed E-state index contributed by atoms with van der Waals surface area (Å²) in [5.74, 6) is 0.897. The van der Waals surface area contributed by atoms with Crippen LogP contribution in [0.1, 0.15) is 25.1 Å². The first-order chi connectivity index (χ1) is 7.66. The summed E-state index contributed by atoms with van der Waals surface area (Å²) in [6.07, 6.45) is 1.88. The molecule has 0 saturated carbocycles. The van der Waals surface area contributed by atoms with Gasteiger partial charge in [-0.05, 0) is 38.4 Å². The van der Waals surface area contributed by atoms with Crippen LogP contribution in [0.2, 0.25) is 5.28 Å². The first-order valence-corrected chi connectivity index (χ1v) is 6.07. The second kappa shape index (κ2) is 4.97. The zero-order valence-corrected chi connectivity index (χ0v) is 10.4. The van der Waals surface area contributed by atoms with E-state index in [2.05, 4.69) is 34.4 Å². The fourth-order valence-electron chi connectivity index (χ4n) is 1.91. The topological polar surface area (TPSA) is 49.8 Å². The van der Waals surface area contributed by atoms with Crippen LogP contribution in [-0.2, 0) is 12.8 Å². The number of fused-ring (bicyclic) bond motifs is 1. The Kier molecular flexibility index (Phi) is 3.61. The van der Waals surface area contributed by atoms with Crippen LogP contribution in [0, 0.1) is 0 Å². The van der Waals surface area contributed by atoms with Gasteiger partial charge in [-0.1, -0.05) is 0 Å². The van der Waals surface area contributed by atoms with Gasteiger partial charge in [0.05, 0.1) is 5.69 Å². The van der Waals surface area contributed by atoms with Crippen molar-refractivity contribution in [2.24, 2.45) is 0 Å². The summed E-state index contributed by atoms with van der Waals surface area (Å²) < 4.78 is 0. The molecule has 2 rings (SSSR count). The molecular weight excluding hydrogens is 224 g/mol. The van der Waals surface area contributed by atoms with Gasteiger partial charge in [0.25, 0.3) is 0 Å². The molecule has 0 unspecified atom stereocenters. The van der Waals surface area contributed by atoms with E-state index in [4.69, 9.17) is 11.6 Å². The zero-order chi connectivity index (χ0) is 11.5. The van der Waals surface area contributed by atoms with Crippen LogP contribution in [0.5, 0.6) is 0 Å². The number of hydrogen-bond donors (Lipinski definition) is 2. The molecular formula is C11H17ClN4. The second-order valence-electron chi connectivity index (χ2n) is 4.32. The molecule has 0 saturated heterocycles. The van der Waals surface area contributed by atoms with Gasteiger partial charge in [-0.3, -0.25) is 0 Å². The monoisotopic (exact) mass is 240 g/mol. The van der Waals surface area contributed by atoms with Crippen molar-refractivity contribution in [3.05, 3.63) is 16.5 Å². The van der Waals surface area contributed by atoms with Crippen LogP contribution >= 0.6 is 11.6 Å². The van der Waals surface area contributed by atoms with Gasteiger partial charge in [-0.25, -0.2) is 9.97 Å². The standard InChI is InChI=1S/C11H17ClN4/c1-7(2)14-10-8-3-5-13-6-4-9(8)15-11(12)16-10/h7,13H,3-6H2,1-2H3,(H,14,15,16). The molecule has 0 bridgehead atoms. The first-order valence-electron chi connectivity index (χ1n) is 5.69. The highest BCUT2D eigenvalue weighted by atomic mass is 35.5. The lowest BCUT2D eigenvalue weighted by atomic mass is 10.1. The Hall–Kier alpha value is -0.870. The Morgan fingerprint density at radius 3 is 2.75 bits per heavy atom. The Labute approximate surface area is 101 Å². The van der Waals surface area contributed by atoms with Gasteiger partial charge >= 0.3 is 0 Å². The quantitative estimate of drug-likeness (QED) is 0.772. The molecule has 5 heteroatoms. The van der Waals surface area contributed by atoms with Gasteiger partial charge in [0.2, 0.25) is 5.28 Å². The van der Waals surface area contributed by atoms with Crippen LogP contribution < -0.4 is 10.6 Å². The Bertz CT molecular complexity index is 378. The van der Waals surface area contributed by atoms with E-state index in [9.17, 15) is 0 Å². The molecule has 2 N–H and O–H groups in total. The van der Waals surface area contributed by atoms with Gasteiger partial charge in [0, 0.05) is 24.6 Å². The van der Waals surface area contributed by atoms with E-state index in [1.807, 2.05) is 0 Å². The molecule has 0 aliphatic carbocycles. The molecule has 0 spiro atoms. The third-order valence-corrected chi connectivity index (χ3v) is 2.75. The highest BCUT2D eigenvalue weighted by molar-refractivity contribution is 6.28. The number of anilines is 1. The third-order valence-electron chi connectivity index (χ3n) is 2.58. The Morgan fingerprint density at radius 1 is 1.25 bits per heavy atom. The minimum absolute atomic E-state index is 0.337. The molecule has 1 aliphatic heterocycles. The molecule has 1 aromatic rings. The van der Waals surface area contributed by atoms with Crippen molar-refractivity contribution in [2.75, 3.05) is 18.4 Å². The summed E-state index contributed by atoms with van der Waals surface area (Å²) in [6, 6.07) is 0.353. The van der Waals surface area contributed by atoms with E-state index in [-0.39, 0.29) is 0 Å². The van der Waals surface area contributed by atoms with Gasteiger partial charge in [-0.2, -0.15) is 0 Å². The van der Waals surface area contributed by atoms with E-state index in [0.717, 1.165) is 37.4 Å².